The van der Waals surface area contributed by atoms with E-state index in [1.165, 1.54) is 18.5 Å². The number of hydrogen-bond donors (Lipinski definition) is 2. The zero-order chi connectivity index (χ0) is 19.9. The van der Waals surface area contributed by atoms with Crippen LogP contribution in [0.15, 0.2) is 24.3 Å². The van der Waals surface area contributed by atoms with Crippen LogP contribution in [0.3, 0.4) is 0 Å². The first-order chi connectivity index (χ1) is 13.6. The van der Waals surface area contributed by atoms with E-state index in [0.717, 1.165) is 57.3 Å². The van der Waals surface area contributed by atoms with Gasteiger partial charge in [-0.15, -0.1) is 0 Å². The van der Waals surface area contributed by atoms with Crippen molar-refractivity contribution < 1.29 is 9.59 Å². The van der Waals surface area contributed by atoms with Gasteiger partial charge in [-0.1, -0.05) is 12.8 Å². The fourth-order valence-corrected chi connectivity index (χ4v) is 4.60. The van der Waals surface area contributed by atoms with Gasteiger partial charge >= 0.3 is 0 Å². The molecule has 2 saturated carbocycles. The predicted octanol–water partition coefficient (Wildman–Crippen LogP) is 4.34. The maximum Gasteiger partial charge on any atom is 0.227 e. The number of carbonyl (C=O) groups excluding carboxylic acids is 2. The molecule has 28 heavy (non-hydrogen) atoms. The number of nitrogens with one attached hydrogen (secondary N) is 2. The number of nitrogens with zero attached hydrogens (tertiary/aromatic N) is 1. The molecule has 2 aliphatic rings. The van der Waals surface area contributed by atoms with Gasteiger partial charge in [0.2, 0.25) is 11.8 Å². The van der Waals surface area contributed by atoms with Gasteiger partial charge in [0.05, 0.1) is 0 Å². The Balaban J connectivity index is 1.45. The van der Waals surface area contributed by atoms with Gasteiger partial charge in [0.25, 0.3) is 0 Å². The highest BCUT2D eigenvalue weighted by Gasteiger charge is 2.31. The van der Waals surface area contributed by atoms with E-state index in [-0.39, 0.29) is 23.7 Å². The molecule has 2 amide bonds. The second kappa shape index (κ2) is 9.94. The molecule has 154 valence electrons. The van der Waals surface area contributed by atoms with Crippen molar-refractivity contribution in [1.29, 1.82) is 0 Å². The summed E-state index contributed by atoms with van der Waals surface area (Å²) in [5, 5.41) is 6.27. The van der Waals surface area contributed by atoms with E-state index in [1.54, 1.807) is 0 Å². The van der Waals surface area contributed by atoms with E-state index < -0.39 is 0 Å². The predicted molar refractivity (Wildman–Crippen MR) is 114 cm³/mol. The first-order valence-corrected chi connectivity index (χ1v) is 11.1. The topological polar surface area (TPSA) is 61.4 Å². The lowest BCUT2D eigenvalue weighted by Crippen LogP contribution is -2.39. The summed E-state index contributed by atoms with van der Waals surface area (Å²) in [5.74, 6) is 0.388. The highest BCUT2D eigenvalue weighted by atomic mass is 16.2. The number of anilines is 2. The number of benzene rings is 1. The second-order valence-corrected chi connectivity index (χ2v) is 8.25. The maximum atomic E-state index is 12.6. The zero-order valence-corrected chi connectivity index (χ0v) is 17.4. The summed E-state index contributed by atoms with van der Waals surface area (Å²) in [6.07, 6.45) is 7.93. The lowest BCUT2D eigenvalue weighted by molar-refractivity contribution is -0.129. The molecule has 1 aromatic carbocycles. The molecule has 0 atom stereocenters. The molecule has 5 nitrogen and oxygen atoms in total. The molecule has 3 rings (SSSR count). The van der Waals surface area contributed by atoms with Crippen molar-refractivity contribution in [1.82, 2.24) is 5.32 Å². The van der Waals surface area contributed by atoms with Gasteiger partial charge in [0.1, 0.15) is 0 Å². The Bertz CT molecular complexity index is 640. The van der Waals surface area contributed by atoms with E-state index >= 15 is 0 Å². The first-order valence-electron chi connectivity index (χ1n) is 11.1. The third kappa shape index (κ3) is 5.27. The van der Waals surface area contributed by atoms with Crippen molar-refractivity contribution in [2.45, 2.75) is 71.3 Å². The molecule has 5 heteroatoms. The fraction of sp³-hybridized carbons (Fsp3) is 0.652. The van der Waals surface area contributed by atoms with E-state index in [2.05, 4.69) is 41.5 Å². The molecule has 0 aliphatic heterocycles. The minimum Gasteiger partial charge on any atom is -0.372 e. The third-order valence-electron chi connectivity index (χ3n) is 6.43. The van der Waals surface area contributed by atoms with Gasteiger partial charge in [0.15, 0.2) is 0 Å². The molecule has 2 N–H and O–H groups in total. The molecular weight excluding hydrogens is 350 g/mol. The summed E-state index contributed by atoms with van der Waals surface area (Å²) in [6, 6.07) is 8.46. The zero-order valence-electron chi connectivity index (χ0n) is 17.4. The van der Waals surface area contributed by atoms with E-state index in [4.69, 9.17) is 0 Å². The van der Waals surface area contributed by atoms with E-state index in [1.807, 2.05) is 12.1 Å². The quantitative estimate of drug-likeness (QED) is 0.734. The molecule has 0 radical (unpaired) electrons. The average molecular weight is 386 g/mol. The van der Waals surface area contributed by atoms with Crippen LogP contribution in [0.1, 0.15) is 65.2 Å². The van der Waals surface area contributed by atoms with Crippen molar-refractivity contribution in [2.24, 2.45) is 11.8 Å². The van der Waals surface area contributed by atoms with Crippen molar-refractivity contribution in [3.63, 3.8) is 0 Å². The SMILES string of the molecule is CCN(CC)c1ccc(NC(=O)C2CCC(C(=O)NC3CCCC3)CC2)cc1. The summed E-state index contributed by atoms with van der Waals surface area (Å²) in [7, 11) is 0. The van der Waals surface area contributed by atoms with Gasteiger partial charge in [-0.3, -0.25) is 9.59 Å². The van der Waals surface area contributed by atoms with Crippen LogP contribution in [0.4, 0.5) is 11.4 Å². The molecule has 0 saturated heterocycles. The fourth-order valence-electron chi connectivity index (χ4n) is 4.60. The van der Waals surface area contributed by atoms with E-state index in [0.29, 0.717) is 6.04 Å². The molecule has 2 aliphatic carbocycles. The number of rotatable bonds is 7. The summed E-state index contributed by atoms with van der Waals surface area (Å²) in [4.78, 5) is 27.4. The molecule has 2 fully saturated rings. The normalized spacial score (nSPS) is 22.6. The van der Waals surface area contributed by atoms with Crippen LogP contribution in [0.25, 0.3) is 0 Å². The molecule has 1 aromatic rings. The van der Waals surface area contributed by atoms with Gasteiger partial charge < -0.3 is 15.5 Å². The summed E-state index contributed by atoms with van der Waals surface area (Å²) in [6.45, 7) is 6.23. The van der Waals surface area contributed by atoms with Crippen LogP contribution >= 0.6 is 0 Å². The smallest absolute Gasteiger partial charge is 0.227 e. The van der Waals surface area contributed by atoms with Crippen LogP contribution in [0.5, 0.6) is 0 Å². The Morgan fingerprint density at radius 2 is 1.39 bits per heavy atom. The Labute approximate surface area is 169 Å². The maximum absolute atomic E-state index is 12.6. The van der Waals surface area contributed by atoms with Crippen LogP contribution in [-0.4, -0.2) is 30.9 Å². The summed E-state index contributed by atoms with van der Waals surface area (Å²) < 4.78 is 0. The molecule has 0 unspecified atom stereocenters. The highest BCUT2D eigenvalue weighted by molar-refractivity contribution is 5.93. The Hall–Kier alpha value is -2.04. The Morgan fingerprint density at radius 3 is 1.93 bits per heavy atom. The van der Waals surface area contributed by atoms with Crippen LogP contribution in [-0.2, 0) is 9.59 Å². The minimum absolute atomic E-state index is 0.0120. The lowest BCUT2D eigenvalue weighted by Gasteiger charge is -2.28. The van der Waals surface area contributed by atoms with Crippen LogP contribution in [0.2, 0.25) is 0 Å². The standard InChI is InChI=1S/C23H35N3O2/c1-3-26(4-2)21-15-13-20(14-16-21)25-23(28)18-11-9-17(10-12-18)22(27)24-19-7-5-6-8-19/h13-19H,3-12H2,1-2H3,(H,24,27)(H,25,28). The molecular formula is C23H35N3O2. The summed E-state index contributed by atoms with van der Waals surface area (Å²) >= 11 is 0. The molecule has 0 spiro atoms. The van der Waals surface area contributed by atoms with Crippen molar-refractivity contribution >= 4 is 23.2 Å². The van der Waals surface area contributed by atoms with Gasteiger partial charge in [-0.25, -0.2) is 0 Å². The molecule has 0 aromatic heterocycles. The average Bonchev–Trinajstić information content (AvgIpc) is 3.23. The van der Waals surface area contributed by atoms with Gasteiger partial charge in [0, 0.05) is 42.3 Å². The number of carbonyl (C=O) groups is 2. The Morgan fingerprint density at radius 1 is 0.857 bits per heavy atom. The number of hydrogen-bond acceptors (Lipinski definition) is 3. The highest BCUT2D eigenvalue weighted by Crippen LogP contribution is 2.31. The van der Waals surface area contributed by atoms with Gasteiger partial charge in [-0.05, 0) is 76.6 Å². The van der Waals surface area contributed by atoms with Crippen LogP contribution in [0, 0.1) is 11.8 Å². The molecule has 0 bridgehead atoms. The van der Waals surface area contributed by atoms with Crippen molar-refractivity contribution in [3.05, 3.63) is 24.3 Å². The lowest BCUT2D eigenvalue weighted by atomic mass is 9.81. The monoisotopic (exact) mass is 385 g/mol. The Kier molecular flexibility index (Phi) is 7.35. The summed E-state index contributed by atoms with van der Waals surface area (Å²) in [5.41, 5.74) is 2.03. The van der Waals surface area contributed by atoms with Crippen molar-refractivity contribution in [3.8, 4) is 0 Å². The second-order valence-electron chi connectivity index (χ2n) is 8.25. The van der Waals surface area contributed by atoms with E-state index in [9.17, 15) is 9.59 Å². The third-order valence-corrected chi connectivity index (χ3v) is 6.43. The van der Waals surface area contributed by atoms with Crippen molar-refractivity contribution in [2.75, 3.05) is 23.3 Å². The number of amides is 2. The first kappa shape index (κ1) is 20.7. The largest absolute Gasteiger partial charge is 0.372 e. The molecule has 0 heterocycles. The van der Waals surface area contributed by atoms with Gasteiger partial charge in [-0.2, -0.15) is 0 Å². The van der Waals surface area contributed by atoms with Crippen LogP contribution < -0.4 is 15.5 Å². The minimum atomic E-state index is 0.0120.